The molecule has 0 aliphatic heterocycles. The Morgan fingerprint density at radius 1 is 1.05 bits per heavy atom. The molecule has 1 aromatic rings. The van der Waals surface area contributed by atoms with Crippen molar-refractivity contribution < 1.29 is 9.47 Å². The van der Waals surface area contributed by atoms with Crippen LogP contribution in [0.3, 0.4) is 0 Å². The van der Waals surface area contributed by atoms with Gasteiger partial charge in [-0.2, -0.15) is 0 Å². The summed E-state index contributed by atoms with van der Waals surface area (Å²) in [6.07, 6.45) is 6.09. The number of hydrogen-bond donors (Lipinski definition) is 1. The summed E-state index contributed by atoms with van der Waals surface area (Å²) >= 11 is 0. The van der Waals surface area contributed by atoms with E-state index in [2.05, 4.69) is 26.0 Å². The Hall–Kier alpha value is -1.22. The van der Waals surface area contributed by atoms with Crippen molar-refractivity contribution in [3.8, 4) is 11.5 Å². The van der Waals surface area contributed by atoms with Gasteiger partial charge >= 0.3 is 0 Å². The highest BCUT2D eigenvalue weighted by Crippen LogP contribution is 2.45. The third-order valence-electron chi connectivity index (χ3n) is 4.95. The summed E-state index contributed by atoms with van der Waals surface area (Å²) in [5, 5.41) is 0. The van der Waals surface area contributed by atoms with Gasteiger partial charge < -0.3 is 15.2 Å². The summed E-state index contributed by atoms with van der Waals surface area (Å²) in [6.45, 7) is 5.03. The first-order valence-corrected chi connectivity index (χ1v) is 8.04. The van der Waals surface area contributed by atoms with Crippen molar-refractivity contribution in [1.29, 1.82) is 0 Å². The summed E-state index contributed by atoms with van der Waals surface area (Å²) in [5.74, 6) is 2.33. The van der Waals surface area contributed by atoms with Crippen molar-refractivity contribution in [3.05, 3.63) is 23.3 Å². The Morgan fingerprint density at radius 2 is 1.67 bits per heavy atom. The highest BCUT2D eigenvalue weighted by atomic mass is 16.5. The van der Waals surface area contributed by atoms with Crippen LogP contribution in [-0.4, -0.2) is 20.8 Å². The predicted octanol–water partition coefficient (Wildman–Crippen LogP) is 3.99. The van der Waals surface area contributed by atoms with E-state index >= 15 is 0 Å². The van der Waals surface area contributed by atoms with Crippen LogP contribution in [0.4, 0.5) is 0 Å². The van der Waals surface area contributed by atoms with Crippen LogP contribution in [0.1, 0.15) is 63.0 Å². The fourth-order valence-electron chi connectivity index (χ4n) is 3.60. The number of benzene rings is 1. The largest absolute Gasteiger partial charge is 0.496 e. The predicted molar refractivity (Wildman–Crippen MR) is 87.5 cm³/mol. The first-order chi connectivity index (χ1) is 10.1. The first kappa shape index (κ1) is 16.2. The van der Waals surface area contributed by atoms with Gasteiger partial charge in [0.05, 0.1) is 14.2 Å². The number of methoxy groups -OCH3 is 2. The second-order valence-electron chi connectivity index (χ2n) is 6.49. The Balaban J connectivity index is 2.55. The fraction of sp³-hybridized carbons (Fsp3) is 0.667. The van der Waals surface area contributed by atoms with Gasteiger partial charge in [0.1, 0.15) is 11.5 Å². The van der Waals surface area contributed by atoms with Gasteiger partial charge in [-0.25, -0.2) is 0 Å². The second-order valence-corrected chi connectivity index (χ2v) is 6.49. The molecule has 0 atom stereocenters. The Kier molecular flexibility index (Phi) is 5.15. The zero-order valence-corrected chi connectivity index (χ0v) is 13.9. The molecule has 0 spiro atoms. The molecular weight excluding hydrogens is 262 g/mol. The minimum Gasteiger partial charge on any atom is -0.496 e. The second kappa shape index (κ2) is 6.69. The Labute approximate surface area is 128 Å². The summed E-state index contributed by atoms with van der Waals surface area (Å²) in [6, 6.07) is 4.32. The molecule has 21 heavy (non-hydrogen) atoms. The molecule has 0 unspecified atom stereocenters. The quantitative estimate of drug-likeness (QED) is 0.892. The van der Waals surface area contributed by atoms with Crippen molar-refractivity contribution in [2.45, 2.75) is 57.3 Å². The van der Waals surface area contributed by atoms with E-state index in [0.29, 0.717) is 12.5 Å². The van der Waals surface area contributed by atoms with Crippen molar-refractivity contribution in [2.24, 2.45) is 5.73 Å². The SMILES string of the molecule is COc1cc(C2(CN)CCCCC2)c(OC)cc1C(C)C. The van der Waals surface area contributed by atoms with Crippen LogP contribution < -0.4 is 15.2 Å². The lowest BCUT2D eigenvalue weighted by Gasteiger charge is -2.38. The molecule has 1 aromatic carbocycles. The molecule has 0 bridgehead atoms. The molecule has 2 rings (SSSR count). The van der Waals surface area contributed by atoms with E-state index in [0.717, 1.165) is 24.3 Å². The number of nitrogens with two attached hydrogens (primary N) is 1. The number of rotatable bonds is 5. The van der Waals surface area contributed by atoms with Crippen LogP contribution in [0.5, 0.6) is 11.5 Å². The van der Waals surface area contributed by atoms with Crippen LogP contribution >= 0.6 is 0 Å². The Morgan fingerprint density at radius 3 is 2.14 bits per heavy atom. The molecule has 0 amide bonds. The standard InChI is InChI=1S/C18H29NO2/c1-13(2)14-10-17(21-4)15(11-16(14)20-3)18(12-19)8-6-5-7-9-18/h10-11,13H,5-9,12,19H2,1-4H3. The van der Waals surface area contributed by atoms with Crippen molar-refractivity contribution in [2.75, 3.05) is 20.8 Å². The summed E-state index contributed by atoms with van der Waals surface area (Å²) in [5.41, 5.74) is 8.66. The monoisotopic (exact) mass is 291 g/mol. The molecule has 0 aromatic heterocycles. The maximum atomic E-state index is 6.19. The zero-order valence-electron chi connectivity index (χ0n) is 13.9. The number of hydrogen-bond acceptors (Lipinski definition) is 3. The summed E-state index contributed by atoms with van der Waals surface area (Å²) < 4.78 is 11.3. The van der Waals surface area contributed by atoms with E-state index in [-0.39, 0.29) is 5.41 Å². The van der Waals surface area contributed by atoms with Crippen molar-refractivity contribution in [1.82, 2.24) is 0 Å². The molecule has 118 valence electrons. The van der Waals surface area contributed by atoms with Gasteiger partial charge in [-0.15, -0.1) is 0 Å². The lowest BCUT2D eigenvalue weighted by atomic mass is 9.69. The van der Waals surface area contributed by atoms with Gasteiger partial charge in [-0.05, 0) is 30.9 Å². The van der Waals surface area contributed by atoms with Crippen molar-refractivity contribution >= 4 is 0 Å². The van der Waals surface area contributed by atoms with E-state index in [1.165, 1.54) is 30.4 Å². The summed E-state index contributed by atoms with van der Waals surface area (Å²) in [4.78, 5) is 0. The molecule has 1 fully saturated rings. The molecule has 2 N–H and O–H groups in total. The van der Waals surface area contributed by atoms with Gasteiger partial charge in [0, 0.05) is 23.1 Å². The van der Waals surface area contributed by atoms with E-state index in [1.54, 1.807) is 14.2 Å². The van der Waals surface area contributed by atoms with E-state index in [4.69, 9.17) is 15.2 Å². The zero-order chi connectivity index (χ0) is 15.5. The van der Waals surface area contributed by atoms with Crippen LogP contribution in [0.25, 0.3) is 0 Å². The third-order valence-corrected chi connectivity index (χ3v) is 4.95. The maximum Gasteiger partial charge on any atom is 0.123 e. The maximum absolute atomic E-state index is 6.19. The van der Waals surface area contributed by atoms with E-state index in [1.807, 2.05) is 0 Å². The van der Waals surface area contributed by atoms with Crippen LogP contribution in [0.2, 0.25) is 0 Å². The lowest BCUT2D eigenvalue weighted by Crippen LogP contribution is -2.37. The van der Waals surface area contributed by atoms with Crippen LogP contribution in [0, 0.1) is 0 Å². The van der Waals surface area contributed by atoms with Gasteiger partial charge in [0.15, 0.2) is 0 Å². The minimum absolute atomic E-state index is 0.0480. The smallest absolute Gasteiger partial charge is 0.123 e. The number of ether oxygens (including phenoxy) is 2. The average Bonchev–Trinajstić information content (AvgIpc) is 2.54. The van der Waals surface area contributed by atoms with Gasteiger partial charge in [0.25, 0.3) is 0 Å². The van der Waals surface area contributed by atoms with Gasteiger partial charge in [-0.3, -0.25) is 0 Å². The lowest BCUT2D eigenvalue weighted by molar-refractivity contribution is 0.286. The molecule has 1 aliphatic carbocycles. The molecule has 0 radical (unpaired) electrons. The molecule has 3 heteroatoms. The molecule has 1 saturated carbocycles. The van der Waals surface area contributed by atoms with Gasteiger partial charge in [-0.1, -0.05) is 33.1 Å². The summed E-state index contributed by atoms with van der Waals surface area (Å²) in [7, 11) is 3.50. The topological polar surface area (TPSA) is 44.5 Å². The molecular formula is C18H29NO2. The van der Waals surface area contributed by atoms with Crippen LogP contribution in [0.15, 0.2) is 12.1 Å². The van der Waals surface area contributed by atoms with Crippen molar-refractivity contribution in [3.63, 3.8) is 0 Å². The Bertz CT molecular complexity index is 476. The van der Waals surface area contributed by atoms with E-state index in [9.17, 15) is 0 Å². The minimum atomic E-state index is 0.0480. The van der Waals surface area contributed by atoms with Gasteiger partial charge in [0.2, 0.25) is 0 Å². The molecule has 0 heterocycles. The first-order valence-electron chi connectivity index (χ1n) is 8.04. The normalized spacial score (nSPS) is 17.8. The molecule has 3 nitrogen and oxygen atoms in total. The highest BCUT2D eigenvalue weighted by Gasteiger charge is 2.36. The third kappa shape index (κ3) is 3.03. The highest BCUT2D eigenvalue weighted by molar-refractivity contribution is 5.51. The van der Waals surface area contributed by atoms with Crippen LogP contribution in [-0.2, 0) is 5.41 Å². The fourth-order valence-corrected chi connectivity index (χ4v) is 3.60. The molecule has 1 aliphatic rings. The van der Waals surface area contributed by atoms with E-state index < -0.39 is 0 Å². The average molecular weight is 291 g/mol. The molecule has 0 saturated heterocycles.